The van der Waals surface area contributed by atoms with Gasteiger partial charge in [-0.15, -0.1) is 0 Å². The SMILES string of the molecule is COc1ccc(C2CCNCC2NS(=O)(=O)C2CCCOC2)cc1. The second kappa shape index (κ2) is 7.82. The van der Waals surface area contributed by atoms with Gasteiger partial charge < -0.3 is 14.8 Å². The average molecular weight is 354 g/mol. The van der Waals surface area contributed by atoms with E-state index in [1.54, 1.807) is 7.11 Å². The first kappa shape index (κ1) is 17.7. The van der Waals surface area contributed by atoms with Crippen molar-refractivity contribution in [1.82, 2.24) is 10.0 Å². The molecule has 2 heterocycles. The van der Waals surface area contributed by atoms with Crippen molar-refractivity contribution in [3.05, 3.63) is 29.8 Å². The number of hydrogen-bond acceptors (Lipinski definition) is 5. The maximum absolute atomic E-state index is 12.7. The first-order valence-corrected chi connectivity index (χ1v) is 10.1. The molecule has 6 nitrogen and oxygen atoms in total. The van der Waals surface area contributed by atoms with Crippen LogP contribution in [0.3, 0.4) is 0 Å². The van der Waals surface area contributed by atoms with Crippen LogP contribution in [-0.2, 0) is 14.8 Å². The zero-order valence-corrected chi connectivity index (χ0v) is 14.8. The molecule has 3 unspecified atom stereocenters. The maximum atomic E-state index is 12.7. The number of sulfonamides is 1. The van der Waals surface area contributed by atoms with E-state index in [1.807, 2.05) is 24.3 Å². The molecule has 2 fully saturated rings. The Morgan fingerprint density at radius 2 is 2.04 bits per heavy atom. The van der Waals surface area contributed by atoms with Gasteiger partial charge in [0.05, 0.1) is 19.0 Å². The number of rotatable bonds is 5. The van der Waals surface area contributed by atoms with Crippen molar-refractivity contribution in [2.75, 3.05) is 33.4 Å². The predicted molar refractivity (Wildman–Crippen MR) is 92.9 cm³/mol. The molecule has 3 rings (SSSR count). The Bertz CT molecular complexity index is 626. The molecule has 1 aromatic rings. The van der Waals surface area contributed by atoms with E-state index in [1.165, 1.54) is 0 Å². The molecule has 0 aromatic heterocycles. The third-order valence-corrected chi connectivity index (χ3v) is 6.78. The molecule has 0 saturated carbocycles. The molecule has 0 amide bonds. The lowest BCUT2D eigenvalue weighted by atomic mass is 9.86. The minimum Gasteiger partial charge on any atom is -0.497 e. The summed E-state index contributed by atoms with van der Waals surface area (Å²) in [5.74, 6) is 0.973. The van der Waals surface area contributed by atoms with Crippen LogP contribution in [0.4, 0.5) is 0 Å². The number of methoxy groups -OCH3 is 1. The Morgan fingerprint density at radius 1 is 1.25 bits per heavy atom. The smallest absolute Gasteiger partial charge is 0.217 e. The molecule has 1 aromatic carbocycles. The summed E-state index contributed by atoms with van der Waals surface area (Å²) in [5, 5.41) is 2.86. The van der Waals surface area contributed by atoms with Gasteiger partial charge in [0.15, 0.2) is 0 Å². The molecule has 2 aliphatic rings. The van der Waals surface area contributed by atoms with Crippen LogP contribution in [0, 0.1) is 0 Å². The molecule has 3 atom stereocenters. The largest absolute Gasteiger partial charge is 0.497 e. The van der Waals surface area contributed by atoms with E-state index < -0.39 is 15.3 Å². The number of hydrogen-bond donors (Lipinski definition) is 2. The fraction of sp³-hybridized carbons (Fsp3) is 0.647. The second-order valence-electron chi connectivity index (χ2n) is 6.48. The number of piperidine rings is 1. The summed E-state index contributed by atoms with van der Waals surface area (Å²) in [6.45, 7) is 2.49. The number of nitrogens with one attached hydrogen (secondary N) is 2. The van der Waals surface area contributed by atoms with E-state index in [2.05, 4.69) is 10.0 Å². The Morgan fingerprint density at radius 3 is 2.71 bits per heavy atom. The van der Waals surface area contributed by atoms with Gasteiger partial charge in [-0.2, -0.15) is 0 Å². The molecule has 24 heavy (non-hydrogen) atoms. The van der Waals surface area contributed by atoms with Crippen LogP contribution < -0.4 is 14.8 Å². The number of ether oxygens (including phenoxy) is 2. The Kier molecular flexibility index (Phi) is 5.76. The summed E-state index contributed by atoms with van der Waals surface area (Å²) < 4.78 is 38.9. The van der Waals surface area contributed by atoms with E-state index >= 15 is 0 Å². The van der Waals surface area contributed by atoms with Crippen LogP contribution in [-0.4, -0.2) is 53.1 Å². The summed E-state index contributed by atoms with van der Waals surface area (Å²) in [4.78, 5) is 0. The van der Waals surface area contributed by atoms with Crippen LogP contribution in [0.1, 0.15) is 30.7 Å². The Labute approximate surface area is 144 Å². The highest BCUT2D eigenvalue weighted by molar-refractivity contribution is 7.90. The third-order valence-electron chi connectivity index (χ3n) is 4.90. The first-order valence-electron chi connectivity index (χ1n) is 8.54. The van der Waals surface area contributed by atoms with Crippen LogP contribution in [0.25, 0.3) is 0 Å². The predicted octanol–water partition coefficient (Wildman–Crippen LogP) is 1.24. The van der Waals surface area contributed by atoms with Crippen molar-refractivity contribution in [3.8, 4) is 5.75 Å². The molecule has 0 aliphatic carbocycles. The monoisotopic (exact) mass is 354 g/mol. The van der Waals surface area contributed by atoms with Crippen molar-refractivity contribution in [1.29, 1.82) is 0 Å². The summed E-state index contributed by atoms with van der Waals surface area (Å²) in [5.41, 5.74) is 1.14. The van der Waals surface area contributed by atoms with Crippen molar-refractivity contribution in [3.63, 3.8) is 0 Å². The molecule has 0 bridgehead atoms. The highest BCUT2D eigenvalue weighted by Crippen LogP contribution is 2.28. The minimum absolute atomic E-state index is 0.140. The van der Waals surface area contributed by atoms with E-state index in [9.17, 15) is 8.42 Å². The van der Waals surface area contributed by atoms with E-state index in [4.69, 9.17) is 9.47 Å². The van der Waals surface area contributed by atoms with Crippen LogP contribution in [0.15, 0.2) is 24.3 Å². The van der Waals surface area contributed by atoms with E-state index in [0.29, 0.717) is 26.2 Å². The van der Waals surface area contributed by atoms with Crippen molar-refractivity contribution < 1.29 is 17.9 Å². The zero-order chi connectivity index (χ0) is 17.0. The standard InChI is InChI=1S/C17H26N2O4S/c1-22-14-6-4-13(5-7-14)16-8-9-18-11-17(16)19-24(20,21)15-3-2-10-23-12-15/h4-7,15-19H,2-3,8-12H2,1H3. The third kappa shape index (κ3) is 4.08. The van der Waals surface area contributed by atoms with Gasteiger partial charge in [-0.05, 0) is 43.5 Å². The first-order chi connectivity index (χ1) is 11.6. The average Bonchev–Trinajstić information content (AvgIpc) is 2.63. The quantitative estimate of drug-likeness (QED) is 0.832. The van der Waals surface area contributed by atoms with Crippen LogP contribution >= 0.6 is 0 Å². The summed E-state index contributed by atoms with van der Waals surface area (Å²) in [6.07, 6.45) is 2.37. The topological polar surface area (TPSA) is 76.7 Å². The highest BCUT2D eigenvalue weighted by Gasteiger charge is 2.34. The molecule has 2 N–H and O–H groups in total. The highest BCUT2D eigenvalue weighted by atomic mass is 32.2. The molecular formula is C17H26N2O4S. The van der Waals surface area contributed by atoms with E-state index in [0.717, 1.165) is 30.7 Å². The second-order valence-corrected chi connectivity index (χ2v) is 8.47. The summed E-state index contributed by atoms with van der Waals surface area (Å²) >= 11 is 0. The van der Waals surface area contributed by atoms with Crippen molar-refractivity contribution >= 4 is 10.0 Å². The zero-order valence-electron chi connectivity index (χ0n) is 14.0. The van der Waals surface area contributed by atoms with E-state index in [-0.39, 0.29) is 12.0 Å². The lowest BCUT2D eigenvalue weighted by Crippen LogP contribution is -2.53. The van der Waals surface area contributed by atoms with Gasteiger partial charge in [0.1, 0.15) is 5.75 Å². The molecule has 7 heteroatoms. The van der Waals surface area contributed by atoms with Gasteiger partial charge >= 0.3 is 0 Å². The normalized spacial score (nSPS) is 28.5. The van der Waals surface area contributed by atoms with Crippen molar-refractivity contribution in [2.45, 2.75) is 36.5 Å². The summed E-state index contributed by atoms with van der Waals surface area (Å²) in [7, 11) is -1.73. The van der Waals surface area contributed by atoms with Gasteiger partial charge in [0.25, 0.3) is 0 Å². The maximum Gasteiger partial charge on any atom is 0.217 e. The number of benzene rings is 1. The fourth-order valence-corrected chi connectivity index (χ4v) is 5.11. The van der Waals surface area contributed by atoms with Crippen molar-refractivity contribution in [2.24, 2.45) is 0 Å². The minimum atomic E-state index is -3.38. The fourth-order valence-electron chi connectivity index (χ4n) is 3.50. The Hall–Kier alpha value is -1.15. The molecule has 0 spiro atoms. The van der Waals surface area contributed by atoms with Crippen LogP contribution in [0.2, 0.25) is 0 Å². The lowest BCUT2D eigenvalue weighted by molar-refractivity contribution is 0.0986. The lowest BCUT2D eigenvalue weighted by Gasteiger charge is -2.34. The molecular weight excluding hydrogens is 328 g/mol. The van der Waals surface area contributed by atoms with Crippen LogP contribution in [0.5, 0.6) is 5.75 Å². The molecule has 0 radical (unpaired) electrons. The van der Waals surface area contributed by atoms with Gasteiger partial charge in [-0.25, -0.2) is 13.1 Å². The molecule has 2 aliphatic heterocycles. The van der Waals surface area contributed by atoms with Gasteiger partial charge in [-0.3, -0.25) is 0 Å². The van der Waals surface area contributed by atoms with Gasteiger partial charge in [0, 0.05) is 25.1 Å². The molecule has 134 valence electrons. The van der Waals surface area contributed by atoms with Gasteiger partial charge in [0.2, 0.25) is 10.0 Å². The summed E-state index contributed by atoms with van der Waals surface area (Å²) in [6, 6.07) is 7.77. The molecule has 2 saturated heterocycles. The van der Waals surface area contributed by atoms with Gasteiger partial charge in [-0.1, -0.05) is 12.1 Å². The Balaban J connectivity index is 1.73.